The van der Waals surface area contributed by atoms with Gasteiger partial charge in [-0.05, 0) is 63.9 Å². The maximum absolute atomic E-state index is 13.3. The molecular formula is C28H44BNO4SSi. The Balaban J connectivity index is 2.06. The maximum Gasteiger partial charge on any atom is 0.479 e. The molecular weight excluding hydrogens is 485 g/mol. The number of hydrogen-bond acceptors (Lipinski definition) is 4. The van der Waals surface area contributed by atoms with Crippen molar-refractivity contribution in [1.82, 2.24) is 4.72 Å². The molecule has 5 nitrogen and oxygen atoms in total. The molecule has 1 unspecified atom stereocenters. The van der Waals surface area contributed by atoms with Crippen molar-refractivity contribution in [2.45, 2.75) is 96.2 Å². The van der Waals surface area contributed by atoms with Gasteiger partial charge in [0.05, 0.1) is 32.9 Å². The fourth-order valence-electron chi connectivity index (χ4n) is 4.51. The van der Waals surface area contributed by atoms with E-state index in [2.05, 4.69) is 74.0 Å². The van der Waals surface area contributed by atoms with Crippen molar-refractivity contribution in [1.29, 1.82) is 0 Å². The van der Waals surface area contributed by atoms with E-state index < -0.39 is 48.3 Å². The summed E-state index contributed by atoms with van der Waals surface area (Å²) in [7, 11) is -4.71. The first-order valence-corrected chi connectivity index (χ1v) is 15.9. The lowest BCUT2D eigenvalue weighted by Crippen LogP contribution is -2.68. The van der Waals surface area contributed by atoms with Gasteiger partial charge >= 0.3 is 7.12 Å². The van der Waals surface area contributed by atoms with Crippen molar-refractivity contribution in [3.05, 3.63) is 60.7 Å². The van der Waals surface area contributed by atoms with Crippen molar-refractivity contribution in [2.75, 3.05) is 6.61 Å². The van der Waals surface area contributed by atoms with E-state index >= 15 is 0 Å². The van der Waals surface area contributed by atoms with Gasteiger partial charge in [0.15, 0.2) is 0 Å². The molecule has 8 heteroatoms. The summed E-state index contributed by atoms with van der Waals surface area (Å²) in [5.41, 5.74) is -1.00. The van der Waals surface area contributed by atoms with E-state index in [0.29, 0.717) is 6.61 Å². The fraction of sp³-hybridized carbons (Fsp3) is 0.571. The van der Waals surface area contributed by atoms with Gasteiger partial charge in [0.25, 0.3) is 8.32 Å². The first kappa shape index (κ1) is 29.3. The summed E-state index contributed by atoms with van der Waals surface area (Å²) in [6.45, 7) is 21.1. The lowest BCUT2D eigenvalue weighted by molar-refractivity contribution is 0.00578. The van der Waals surface area contributed by atoms with Crippen LogP contribution in [0.1, 0.15) is 69.2 Å². The van der Waals surface area contributed by atoms with Crippen LogP contribution in [0.4, 0.5) is 0 Å². The van der Waals surface area contributed by atoms with Crippen LogP contribution in [0.25, 0.3) is 0 Å². The number of benzene rings is 2. The highest BCUT2D eigenvalue weighted by Crippen LogP contribution is 2.39. The minimum Gasteiger partial charge on any atom is -0.406 e. The molecule has 1 N–H and O–H groups in total. The van der Waals surface area contributed by atoms with Gasteiger partial charge in [0.2, 0.25) is 0 Å². The zero-order valence-corrected chi connectivity index (χ0v) is 25.5. The normalized spacial score (nSPS) is 19.8. The molecule has 1 aliphatic heterocycles. The second kappa shape index (κ2) is 10.5. The Kier molecular flexibility index (Phi) is 8.51. The molecule has 0 bridgehead atoms. The summed E-state index contributed by atoms with van der Waals surface area (Å²) < 4.78 is 36.1. The zero-order valence-electron chi connectivity index (χ0n) is 23.7. The summed E-state index contributed by atoms with van der Waals surface area (Å²) in [5.74, 6) is -0.423. The fourth-order valence-corrected chi connectivity index (χ4v) is 9.90. The summed E-state index contributed by atoms with van der Waals surface area (Å²) in [6.07, 6.45) is 0. The molecule has 1 aliphatic rings. The molecule has 2 atom stereocenters. The monoisotopic (exact) mass is 529 g/mol. The topological polar surface area (TPSA) is 56.8 Å². The molecule has 0 aliphatic carbocycles. The largest absolute Gasteiger partial charge is 0.479 e. The van der Waals surface area contributed by atoms with Crippen molar-refractivity contribution in [2.24, 2.45) is 0 Å². The molecule has 3 rings (SSSR count). The predicted octanol–water partition coefficient (Wildman–Crippen LogP) is 4.61. The predicted molar refractivity (Wildman–Crippen MR) is 154 cm³/mol. The lowest BCUT2D eigenvalue weighted by atomic mass is 9.80. The Bertz CT molecular complexity index is 980. The van der Waals surface area contributed by atoms with Gasteiger partial charge in [-0.15, -0.1) is 0 Å². The third-order valence-corrected chi connectivity index (χ3v) is 13.9. The second-order valence-electron chi connectivity index (χ2n) is 12.7. The second-order valence-corrected chi connectivity index (χ2v) is 19.0. The van der Waals surface area contributed by atoms with Gasteiger partial charge in [-0.2, -0.15) is 0 Å². The Labute approximate surface area is 222 Å². The van der Waals surface area contributed by atoms with Gasteiger partial charge < -0.3 is 13.7 Å². The Morgan fingerprint density at radius 1 is 0.861 bits per heavy atom. The first-order valence-electron chi connectivity index (χ1n) is 12.8. The standard InChI is InChI=1S/C28H44BNO4SSi/c1-25(2,3)35(31)30-24(29-33-27(7,8)28(9,10)34-29)21-32-36(26(4,5)6,22-17-13-11-14-18-22)23-19-15-12-16-20-23/h11-20,24,30H,21H2,1-10H3/t24-,35?/m0/s1. The molecule has 0 aromatic heterocycles. The van der Waals surface area contributed by atoms with Crippen molar-refractivity contribution >= 4 is 36.8 Å². The number of nitrogens with one attached hydrogen (secondary N) is 1. The molecule has 0 saturated carbocycles. The first-order chi connectivity index (χ1) is 16.5. The zero-order chi connectivity index (χ0) is 27.0. The van der Waals surface area contributed by atoms with Gasteiger partial charge in [-0.3, -0.25) is 0 Å². The van der Waals surface area contributed by atoms with Crippen LogP contribution < -0.4 is 15.1 Å². The van der Waals surface area contributed by atoms with Crippen LogP contribution in [0, 0.1) is 0 Å². The highest BCUT2D eigenvalue weighted by Gasteiger charge is 2.56. The van der Waals surface area contributed by atoms with Crippen LogP contribution in [0.3, 0.4) is 0 Å². The molecule has 198 valence electrons. The molecule has 0 spiro atoms. The van der Waals surface area contributed by atoms with Gasteiger partial charge in [0.1, 0.15) is 0 Å². The number of hydrogen-bond donors (Lipinski definition) is 1. The SMILES string of the molecule is CC(C)(C)S(=O)N[C@@H](CO[Si](c1ccccc1)(c1ccccc1)C(C)(C)C)B1OC(C)(C)C(C)(C)O1. The van der Waals surface area contributed by atoms with Crippen molar-refractivity contribution in [3.8, 4) is 0 Å². The minimum atomic E-state index is -2.78. The average Bonchev–Trinajstić information content (AvgIpc) is 2.99. The summed E-state index contributed by atoms with van der Waals surface area (Å²) in [6, 6.07) is 21.1. The van der Waals surface area contributed by atoms with E-state index in [1.54, 1.807) is 0 Å². The Morgan fingerprint density at radius 2 is 1.28 bits per heavy atom. The summed E-state index contributed by atoms with van der Waals surface area (Å²) in [5, 5.41) is 2.24. The van der Waals surface area contributed by atoms with E-state index in [9.17, 15) is 4.21 Å². The molecule has 36 heavy (non-hydrogen) atoms. The van der Waals surface area contributed by atoms with Crippen LogP contribution in [0.5, 0.6) is 0 Å². The average molecular weight is 530 g/mol. The van der Waals surface area contributed by atoms with E-state index in [4.69, 9.17) is 13.7 Å². The maximum atomic E-state index is 13.3. The van der Waals surface area contributed by atoms with E-state index in [1.807, 2.05) is 60.6 Å². The Hall–Kier alpha value is -1.29. The van der Waals surface area contributed by atoms with Crippen LogP contribution in [0.2, 0.25) is 5.04 Å². The molecule has 1 saturated heterocycles. The molecule has 1 fully saturated rings. The molecule has 2 aromatic rings. The molecule has 0 radical (unpaired) electrons. The molecule has 0 amide bonds. The van der Waals surface area contributed by atoms with Crippen LogP contribution in [-0.2, 0) is 24.7 Å². The summed E-state index contributed by atoms with van der Waals surface area (Å²) >= 11 is 0. The van der Waals surface area contributed by atoms with Crippen LogP contribution in [0.15, 0.2) is 60.7 Å². The van der Waals surface area contributed by atoms with E-state index in [-0.39, 0.29) is 5.04 Å². The van der Waals surface area contributed by atoms with E-state index in [1.165, 1.54) is 10.4 Å². The highest BCUT2D eigenvalue weighted by atomic mass is 32.2. The Morgan fingerprint density at radius 3 is 1.64 bits per heavy atom. The quantitative estimate of drug-likeness (QED) is 0.508. The van der Waals surface area contributed by atoms with E-state index in [0.717, 1.165) is 0 Å². The van der Waals surface area contributed by atoms with Gasteiger partial charge in [-0.25, -0.2) is 8.93 Å². The van der Waals surface area contributed by atoms with Crippen molar-refractivity contribution < 1.29 is 17.9 Å². The number of rotatable bonds is 8. The third kappa shape index (κ3) is 5.89. The van der Waals surface area contributed by atoms with Crippen LogP contribution >= 0.6 is 0 Å². The highest BCUT2D eigenvalue weighted by molar-refractivity contribution is 7.84. The molecule has 2 aromatic carbocycles. The lowest BCUT2D eigenvalue weighted by Gasteiger charge is -2.44. The molecule has 1 heterocycles. The summed E-state index contributed by atoms with van der Waals surface area (Å²) in [4.78, 5) is 0. The van der Waals surface area contributed by atoms with Gasteiger partial charge in [0, 0.05) is 6.61 Å². The minimum absolute atomic E-state index is 0.167. The smallest absolute Gasteiger partial charge is 0.406 e. The third-order valence-electron chi connectivity index (χ3n) is 7.31. The van der Waals surface area contributed by atoms with Gasteiger partial charge in [-0.1, -0.05) is 81.4 Å². The van der Waals surface area contributed by atoms with Crippen molar-refractivity contribution in [3.63, 3.8) is 0 Å². The van der Waals surface area contributed by atoms with Crippen LogP contribution in [-0.4, -0.2) is 48.1 Å².